The van der Waals surface area contributed by atoms with Gasteiger partial charge in [0.2, 0.25) is 0 Å². The van der Waals surface area contributed by atoms with Crippen molar-refractivity contribution in [2.24, 2.45) is 0 Å². The average molecular weight is 291 g/mol. The lowest BCUT2D eigenvalue weighted by Gasteiger charge is -2.09. The van der Waals surface area contributed by atoms with Crippen molar-refractivity contribution in [3.05, 3.63) is 59.7 Å². The van der Waals surface area contributed by atoms with Crippen LogP contribution in [0.25, 0.3) is 0 Å². The first-order valence-corrected chi connectivity index (χ1v) is 6.02. The number of rotatable bonds is 5. The molecule has 1 N–H and O–H groups in total. The second-order valence-corrected chi connectivity index (χ2v) is 4.12. The fourth-order valence-corrected chi connectivity index (χ4v) is 1.63. The molecule has 0 aromatic heterocycles. The molecular formula is C15H11F2NO3. The number of benzene rings is 2. The Morgan fingerprint density at radius 1 is 1.19 bits per heavy atom. The lowest BCUT2D eigenvalue weighted by Crippen LogP contribution is -2.21. The number of halogens is 2. The first kappa shape index (κ1) is 14.6. The summed E-state index contributed by atoms with van der Waals surface area (Å²) < 4.78 is 31.5. The Labute approximate surface area is 119 Å². The molecule has 0 atom stereocenters. The molecule has 0 bridgehead atoms. The fraction of sp³-hybridized carbons (Fsp3) is 0.0667. The highest BCUT2D eigenvalue weighted by Crippen LogP contribution is 2.17. The highest BCUT2D eigenvalue weighted by atomic mass is 19.1. The van der Waals surface area contributed by atoms with Gasteiger partial charge in [-0.25, -0.2) is 8.78 Å². The maximum absolute atomic E-state index is 13.3. The average Bonchev–Trinajstić information content (AvgIpc) is 2.49. The summed E-state index contributed by atoms with van der Waals surface area (Å²) in [5, 5.41) is 2.19. The van der Waals surface area contributed by atoms with Crippen LogP contribution >= 0.6 is 0 Å². The first-order valence-electron chi connectivity index (χ1n) is 6.02. The number of hydrogen-bond acceptors (Lipinski definition) is 3. The van der Waals surface area contributed by atoms with Crippen LogP contribution in [0.15, 0.2) is 42.5 Å². The van der Waals surface area contributed by atoms with Gasteiger partial charge in [-0.3, -0.25) is 9.59 Å². The fourth-order valence-electron chi connectivity index (χ4n) is 1.63. The number of hydrogen-bond donors (Lipinski definition) is 1. The van der Waals surface area contributed by atoms with E-state index in [2.05, 4.69) is 5.32 Å². The molecule has 0 aliphatic heterocycles. The zero-order valence-corrected chi connectivity index (χ0v) is 10.8. The summed E-state index contributed by atoms with van der Waals surface area (Å²) in [6, 6.07) is 9.08. The van der Waals surface area contributed by atoms with E-state index in [0.29, 0.717) is 11.8 Å². The minimum absolute atomic E-state index is 0.238. The molecule has 0 saturated carbocycles. The van der Waals surface area contributed by atoms with Gasteiger partial charge in [-0.1, -0.05) is 12.1 Å². The van der Waals surface area contributed by atoms with Crippen molar-refractivity contribution in [3.8, 4) is 5.75 Å². The van der Waals surface area contributed by atoms with Crippen LogP contribution in [0.2, 0.25) is 0 Å². The molecule has 1 amide bonds. The second kappa shape index (κ2) is 6.60. The quantitative estimate of drug-likeness (QED) is 0.862. The Kier molecular flexibility index (Phi) is 4.61. The number of nitrogens with one attached hydrogen (secondary N) is 1. The normalized spacial score (nSPS) is 10.0. The van der Waals surface area contributed by atoms with E-state index < -0.39 is 24.1 Å². The third-order valence-electron chi connectivity index (χ3n) is 2.61. The molecule has 6 heteroatoms. The van der Waals surface area contributed by atoms with Crippen molar-refractivity contribution >= 4 is 17.9 Å². The molecule has 0 unspecified atom stereocenters. The predicted octanol–water partition coefficient (Wildman–Crippen LogP) is 2.79. The van der Waals surface area contributed by atoms with Crippen LogP contribution < -0.4 is 10.1 Å². The van der Waals surface area contributed by atoms with Gasteiger partial charge in [-0.05, 0) is 24.3 Å². The van der Waals surface area contributed by atoms with E-state index in [9.17, 15) is 18.4 Å². The van der Waals surface area contributed by atoms with Crippen LogP contribution in [0.4, 0.5) is 14.5 Å². The van der Waals surface area contributed by atoms with E-state index in [1.54, 1.807) is 12.1 Å². The van der Waals surface area contributed by atoms with Gasteiger partial charge < -0.3 is 10.1 Å². The Morgan fingerprint density at radius 3 is 2.71 bits per heavy atom. The maximum atomic E-state index is 13.3. The van der Waals surface area contributed by atoms with Crippen molar-refractivity contribution in [2.75, 3.05) is 11.9 Å². The largest absolute Gasteiger partial charge is 0.483 e. The van der Waals surface area contributed by atoms with Gasteiger partial charge in [-0.15, -0.1) is 0 Å². The summed E-state index contributed by atoms with van der Waals surface area (Å²) in [7, 11) is 0. The second-order valence-electron chi connectivity index (χ2n) is 4.12. The van der Waals surface area contributed by atoms with Gasteiger partial charge in [0, 0.05) is 6.07 Å². The molecule has 2 aromatic rings. The Hall–Kier alpha value is -2.76. The molecule has 0 saturated heterocycles. The van der Waals surface area contributed by atoms with Crippen LogP contribution in [0.3, 0.4) is 0 Å². The van der Waals surface area contributed by atoms with Crippen molar-refractivity contribution in [1.29, 1.82) is 0 Å². The number of aldehydes is 1. The van der Waals surface area contributed by atoms with Crippen molar-refractivity contribution in [2.45, 2.75) is 0 Å². The van der Waals surface area contributed by atoms with Gasteiger partial charge in [0.25, 0.3) is 5.91 Å². The smallest absolute Gasteiger partial charge is 0.262 e. The molecule has 0 aliphatic rings. The molecule has 108 valence electrons. The molecule has 2 rings (SSSR count). The molecule has 0 radical (unpaired) electrons. The van der Waals surface area contributed by atoms with Gasteiger partial charge in [0.15, 0.2) is 12.9 Å². The van der Waals surface area contributed by atoms with Gasteiger partial charge in [-0.2, -0.15) is 0 Å². The maximum Gasteiger partial charge on any atom is 0.262 e. The summed E-state index contributed by atoms with van der Waals surface area (Å²) in [6.45, 7) is -0.430. The van der Waals surface area contributed by atoms with Crippen LogP contribution in [-0.4, -0.2) is 18.8 Å². The molecule has 0 aliphatic carbocycles. The van der Waals surface area contributed by atoms with E-state index >= 15 is 0 Å². The Morgan fingerprint density at radius 2 is 1.95 bits per heavy atom. The van der Waals surface area contributed by atoms with Crippen molar-refractivity contribution in [3.63, 3.8) is 0 Å². The van der Waals surface area contributed by atoms with E-state index in [1.807, 2.05) is 0 Å². The van der Waals surface area contributed by atoms with Crippen molar-refractivity contribution < 1.29 is 23.1 Å². The molecule has 4 nitrogen and oxygen atoms in total. The van der Waals surface area contributed by atoms with E-state index in [1.165, 1.54) is 12.1 Å². The van der Waals surface area contributed by atoms with E-state index in [4.69, 9.17) is 4.74 Å². The third kappa shape index (κ3) is 3.85. The number of carbonyl (C=O) groups excluding carboxylic acids is 2. The van der Waals surface area contributed by atoms with Crippen LogP contribution in [-0.2, 0) is 4.79 Å². The minimum atomic E-state index is -0.752. The zero-order chi connectivity index (χ0) is 15.2. The number of ether oxygens (including phenoxy) is 1. The van der Waals surface area contributed by atoms with E-state index in [-0.39, 0.29) is 11.4 Å². The Bertz CT molecular complexity index is 674. The van der Waals surface area contributed by atoms with Crippen molar-refractivity contribution in [1.82, 2.24) is 0 Å². The lowest BCUT2D eigenvalue weighted by atomic mass is 10.2. The lowest BCUT2D eigenvalue weighted by molar-refractivity contribution is -0.118. The molecule has 2 aromatic carbocycles. The van der Waals surface area contributed by atoms with Crippen LogP contribution in [0.1, 0.15) is 10.4 Å². The summed E-state index contributed by atoms with van der Waals surface area (Å²) in [4.78, 5) is 22.4. The van der Waals surface area contributed by atoms with E-state index in [0.717, 1.165) is 18.2 Å². The summed E-state index contributed by atoms with van der Waals surface area (Å²) >= 11 is 0. The molecule has 0 heterocycles. The number of para-hydroxylation sites is 1. The van der Waals surface area contributed by atoms with Gasteiger partial charge >= 0.3 is 0 Å². The zero-order valence-electron chi connectivity index (χ0n) is 10.8. The van der Waals surface area contributed by atoms with Crippen LogP contribution in [0, 0.1) is 11.6 Å². The number of anilines is 1. The SMILES string of the molecule is O=Cc1ccccc1OCC(=O)Nc1cc(F)ccc1F. The highest BCUT2D eigenvalue weighted by Gasteiger charge is 2.10. The standard InChI is InChI=1S/C15H11F2NO3/c16-11-5-6-12(17)13(7-11)18-15(20)9-21-14-4-2-1-3-10(14)8-19/h1-8H,9H2,(H,18,20). The number of amides is 1. The Balaban J connectivity index is 1.99. The predicted molar refractivity (Wildman–Crippen MR) is 72.3 cm³/mol. The monoisotopic (exact) mass is 291 g/mol. The molecule has 0 spiro atoms. The summed E-state index contributed by atoms with van der Waals surface area (Å²) in [6.07, 6.45) is 0.597. The van der Waals surface area contributed by atoms with Crippen LogP contribution in [0.5, 0.6) is 5.75 Å². The number of carbonyl (C=O) groups is 2. The molecule has 0 fully saturated rings. The van der Waals surface area contributed by atoms with Gasteiger partial charge in [0.05, 0.1) is 11.3 Å². The summed E-state index contributed by atoms with van der Waals surface area (Å²) in [5.41, 5.74) is 0.0227. The molecule has 21 heavy (non-hydrogen) atoms. The first-order chi connectivity index (χ1) is 10.1. The minimum Gasteiger partial charge on any atom is -0.483 e. The highest BCUT2D eigenvalue weighted by molar-refractivity contribution is 5.92. The summed E-state index contributed by atoms with van der Waals surface area (Å²) in [5.74, 6) is -1.85. The molecular weight excluding hydrogens is 280 g/mol. The topological polar surface area (TPSA) is 55.4 Å². The third-order valence-corrected chi connectivity index (χ3v) is 2.61. The van der Waals surface area contributed by atoms with Gasteiger partial charge in [0.1, 0.15) is 17.4 Å².